The van der Waals surface area contributed by atoms with Crippen molar-refractivity contribution in [1.29, 1.82) is 0 Å². The highest BCUT2D eigenvalue weighted by Gasteiger charge is 2.08. The number of nitrogens with one attached hydrogen (secondary N) is 1. The molecule has 4 heteroatoms. The van der Waals surface area contributed by atoms with E-state index in [0.29, 0.717) is 12.6 Å². The molecule has 1 heterocycles. The maximum atomic E-state index is 5.94. The van der Waals surface area contributed by atoms with Gasteiger partial charge < -0.3 is 10.1 Å². The molecule has 0 aliphatic rings. The molecular formula is C17H22BrNOS. The Kier molecular flexibility index (Phi) is 5.85. The molecule has 114 valence electrons. The van der Waals surface area contributed by atoms with E-state index in [-0.39, 0.29) is 0 Å². The number of hydrogen-bond acceptors (Lipinski definition) is 3. The van der Waals surface area contributed by atoms with Crippen LogP contribution in [0, 0.1) is 13.8 Å². The van der Waals surface area contributed by atoms with Gasteiger partial charge >= 0.3 is 0 Å². The predicted octanol–water partition coefficient (Wildman–Crippen LogP) is 5.20. The van der Waals surface area contributed by atoms with Crippen molar-refractivity contribution in [2.75, 3.05) is 0 Å². The van der Waals surface area contributed by atoms with Crippen LogP contribution in [-0.4, -0.2) is 6.04 Å². The maximum absolute atomic E-state index is 5.94. The summed E-state index contributed by atoms with van der Waals surface area (Å²) in [7, 11) is 0. The quantitative estimate of drug-likeness (QED) is 0.756. The molecule has 2 rings (SSSR count). The van der Waals surface area contributed by atoms with Crippen LogP contribution in [0.4, 0.5) is 0 Å². The first-order chi connectivity index (χ1) is 9.95. The molecule has 1 aromatic heterocycles. The van der Waals surface area contributed by atoms with Crippen LogP contribution >= 0.6 is 27.3 Å². The second-order valence-electron chi connectivity index (χ2n) is 5.55. The Bertz CT molecular complexity index is 607. The van der Waals surface area contributed by atoms with E-state index >= 15 is 0 Å². The molecule has 21 heavy (non-hydrogen) atoms. The summed E-state index contributed by atoms with van der Waals surface area (Å²) >= 11 is 5.40. The molecule has 1 aromatic carbocycles. The van der Waals surface area contributed by atoms with Crippen molar-refractivity contribution in [2.45, 2.75) is 46.9 Å². The highest BCUT2D eigenvalue weighted by Crippen LogP contribution is 2.28. The second-order valence-corrected chi connectivity index (χ2v) is 7.75. The number of ether oxygens (including phenoxy) is 1. The lowest BCUT2D eigenvalue weighted by atomic mass is 10.2. The van der Waals surface area contributed by atoms with Gasteiger partial charge in [0.25, 0.3) is 0 Å². The van der Waals surface area contributed by atoms with Gasteiger partial charge in [0.1, 0.15) is 12.4 Å². The van der Waals surface area contributed by atoms with Gasteiger partial charge in [-0.1, -0.05) is 19.9 Å². The largest absolute Gasteiger partial charge is 0.488 e. The van der Waals surface area contributed by atoms with Crippen LogP contribution in [0.3, 0.4) is 0 Å². The molecule has 0 spiro atoms. The van der Waals surface area contributed by atoms with E-state index in [2.05, 4.69) is 67.1 Å². The summed E-state index contributed by atoms with van der Waals surface area (Å²) in [6.07, 6.45) is 0. The normalized spacial score (nSPS) is 11.1. The lowest BCUT2D eigenvalue weighted by molar-refractivity contribution is 0.304. The van der Waals surface area contributed by atoms with Gasteiger partial charge in [-0.05, 0) is 53.5 Å². The van der Waals surface area contributed by atoms with Crippen molar-refractivity contribution in [1.82, 2.24) is 5.32 Å². The van der Waals surface area contributed by atoms with Gasteiger partial charge in [0.2, 0.25) is 0 Å². The minimum absolute atomic E-state index is 0.510. The van der Waals surface area contributed by atoms with Crippen molar-refractivity contribution in [3.63, 3.8) is 0 Å². The minimum atomic E-state index is 0.510. The molecule has 0 saturated carbocycles. The van der Waals surface area contributed by atoms with E-state index < -0.39 is 0 Å². The first-order valence-corrected chi connectivity index (χ1v) is 8.77. The van der Waals surface area contributed by atoms with Gasteiger partial charge in [0.15, 0.2) is 0 Å². The lowest BCUT2D eigenvalue weighted by Crippen LogP contribution is -2.21. The summed E-state index contributed by atoms with van der Waals surface area (Å²) < 4.78 is 6.95. The zero-order valence-corrected chi connectivity index (χ0v) is 15.4. The number of aryl methyl sites for hydroxylation is 2. The molecule has 2 aromatic rings. The van der Waals surface area contributed by atoms with Gasteiger partial charge in [-0.25, -0.2) is 0 Å². The summed E-state index contributed by atoms with van der Waals surface area (Å²) in [4.78, 5) is 2.70. The van der Waals surface area contributed by atoms with Gasteiger partial charge in [-0.2, -0.15) is 0 Å². The van der Waals surface area contributed by atoms with E-state index in [9.17, 15) is 0 Å². The molecule has 0 bridgehead atoms. The Morgan fingerprint density at radius 2 is 2.00 bits per heavy atom. The van der Waals surface area contributed by atoms with Gasteiger partial charge in [0.05, 0.1) is 4.47 Å². The summed E-state index contributed by atoms with van der Waals surface area (Å²) in [5.41, 5.74) is 2.50. The Morgan fingerprint density at radius 1 is 1.24 bits per heavy atom. The molecule has 0 saturated heterocycles. The first-order valence-electron chi connectivity index (χ1n) is 7.16. The van der Waals surface area contributed by atoms with E-state index in [1.807, 2.05) is 17.4 Å². The Labute approximate surface area is 139 Å². The number of hydrogen-bond donors (Lipinski definition) is 1. The lowest BCUT2D eigenvalue weighted by Gasteiger charge is -2.08. The van der Waals surface area contributed by atoms with Crippen molar-refractivity contribution in [2.24, 2.45) is 0 Å². The highest BCUT2D eigenvalue weighted by atomic mass is 79.9. The smallest absolute Gasteiger partial charge is 0.134 e. The molecule has 1 N–H and O–H groups in total. The van der Waals surface area contributed by atoms with E-state index in [1.165, 1.54) is 20.9 Å². The summed E-state index contributed by atoms with van der Waals surface area (Å²) in [6, 6.07) is 8.92. The topological polar surface area (TPSA) is 21.3 Å². The Hall–Kier alpha value is -0.840. The van der Waals surface area contributed by atoms with Crippen LogP contribution < -0.4 is 10.1 Å². The van der Waals surface area contributed by atoms with Crippen LogP contribution in [-0.2, 0) is 13.2 Å². The zero-order valence-electron chi connectivity index (χ0n) is 13.0. The van der Waals surface area contributed by atoms with E-state index in [0.717, 1.165) is 16.8 Å². The van der Waals surface area contributed by atoms with E-state index in [4.69, 9.17) is 4.74 Å². The summed E-state index contributed by atoms with van der Waals surface area (Å²) in [5, 5.41) is 3.45. The van der Waals surface area contributed by atoms with Crippen LogP contribution in [0.5, 0.6) is 5.75 Å². The van der Waals surface area contributed by atoms with Crippen LogP contribution in [0.15, 0.2) is 28.7 Å². The standard InChI is InChI=1S/C17H22BrNOS/c1-11(2)19-9-15-8-14(13(4)21-15)10-20-17-6-5-12(3)7-16(17)18/h5-8,11,19H,9-10H2,1-4H3. The van der Waals surface area contributed by atoms with E-state index in [1.54, 1.807) is 0 Å². The summed E-state index contributed by atoms with van der Waals surface area (Å²) in [6.45, 7) is 10.1. The number of thiophene rings is 1. The monoisotopic (exact) mass is 367 g/mol. The predicted molar refractivity (Wildman–Crippen MR) is 94.2 cm³/mol. The van der Waals surface area contributed by atoms with Crippen molar-refractivity contribution in [3.8, 4) is 5.75 Å². The fourth-order valence-electron chi connectivity index (χ4n) is 2.00. The van der Waals surface area contributed by atoms with Crippen LogP contribution in [0.2, 0.25) is 0 Å². The maximum Gasteiger partial charge on any atom is 0.134 e. The molecule has 0 radical (unpaired) electrons. The third kappa shape index (κ3) is 4.83. The van der Waals surface area contributed by atoms with Crippen LogP contribution in [0.1, 0.15) is 34.7 Å². The molecule has 0 aliphatic heterocycles. The number of benzene rings is 1. The number of rotatable bonds is 6. The van der Waals surface area contributed by atoms with Gasteiger partial charge in [-0.15, -0.1) is 11.3 Å². The Balaban J connectivity index is 1.99. The van der Waals surface area contributed by atoms with Gasteiger partial charge in [-0.3, -0.25) is 0 Å². The third-order valence-electron chi connectivity index (χ3n) is 3.23. The highest BCUT2D eigenvalue weighted by molar-refractivity contribution is 9.10. The molecule has 0 unspecified atom stereocenters. The molecule has 0 amide bonds. The van der Waals surface area contributed by atoms with Crippen molar-refractivity contribution >= 4 is 27.3 Å². The Morgan fingerprint density at radius 3 is 2.67 bits per heavy atom. The first kappa shape index (κ1) is 16.5. The number of halogens is 1. The molecule has 2 nitrogen and oxygen atoms in total. The fourth-order valence-corrected chi connectivity index (χ4v) is 3.61. The minimum Gasteiger partial charge on any atom is -0.488 e. The SMILES string of the molecule is Cc1ccc(OCc2cc(CNC(C)C)sc2C)c(Br)c1. The second kappa shape index (κ2) is 7.43. The molecule has 0 aliphatic carbocycles. The molecule has 0 fully saturated rings. The average molecular weight is 368 g/mol. The van der Waals surface area contributed by atoms with Crippen LogP contribution in [0.25, 0.3) is 0 Å². The third-order valence-corrected chi connectivity index (χ3v) is 4.94. The molecule has 0 atom stereocenters. The average Bonchev–Trinajstić information content (AvgIpc) is 2.76. The zero-order chi connectivity index (χ0) is 15.4. The van der Waals surface area contributed by atoms with Gasteiger partial charge in [0, 0.05) is 27.9 Å². The molecular weight excluding hydrogens is 346 g/mol. The van der Waals surface area contributed by atoms with Crippen molar-refractivity contribution < 1.29 is 4.74 Å². The summed E-state index contributed by atoms with van der Waals surface area (Å²) in [5.74, 6) is 0.896. The van der Waals surface area contributed by atoms with Crippen molar-refractivity contribution in [3.05, 3.63) is 49.6 Å². The fraction of sp³-hybridized carbons (Fsp3) is 0.412.